The van der Waals surface area contributed by atoms with Crippen molar-refractivity contribution in [1.82, 2.24) is 10.6 Å². The second-order valence-electron chi connectivity index (χ2n) is 6.36. The summed E-state index contributed by atoms with van der Waals surface area (Å²) in [4.78, 5) is 23.5. The minimum absolute atomic E-state index is 0. The monoisotopic (exact) mass is 322 g/mol. The standard InChI is InChI=1S/C17H22N2O2.ClH/c1-17(9-6-15(20)19-16(17)21)14-4-2-12(3-5-14)13-7-10-18-11-8-13;/h2-5,13,18H,6-11H2,1H3,(H,19,20,21);1H. The lowest BCUT2D eigenvalue weighted by Crippen LogP contribution is -2.49. The van der Waals surface area contributed by atoms with Crippen molar-refractivity contribution in [2.45, 2.75) is 43.9 Å². The zero-order valence-corrected chi connectivity index (χ0v) is 13.7. The lowest BCUT2D eigenvalue weighted by Gasteiger charge is -2.32. The third-order valence-corrected chi connectivity index (χ3v) is 4.96. The molecule has 2 saturated heterocycles. The first-order valence-electron chi connectivity index (χ1n) is 7.75. The minimum atomic E-state index is -0.583. The van der Waals surface area contributed by atoms with Gasteiger partial charge in [0.15, 0.2) is 0 Å². The van der Waals surface area contributed by atoms with E-state index in [1.165, 1.54) is 18.4 Å². The number of nitrogens with one attached hydrogen (secondary N) is 2. The fourth-order valence-corrected chi connectivity index (χ4v) is 3.36. The van der Waals surface area contributed by atoms with Crippen LogP contribution in [0.2, 0.25) is 0 Å². The average Bonchev–Trinajstić information content (AvgIpc) is 2.52. The van der Waals surface area contributed by atoms with Crippen LogP contribution < -0.4 is 10.6 Å². The van der Waals surface area contributed by atoms with E-state index in [-0.39, 0.29) is 24.2 Å². The highest BCUT2D eigenvalue weighted by Gasteiger charge is 2.39. The van der Waals surface area contributed by atoms with E-state index in [1.807, 2.05) is 6.92 Å². The van der Waals surface area contributed by atoms with Crippen LogP contribution in [-0.4, -0.2) is 24.9 Å². The molecule has 4 nitrogen and oxygen atoms in total. The number of hydrogen-bond acceptors (Lipinski definition) is 3. The second-order valence-corrected chi connectivity index (χ2v) is 6.36. The smallest absolute Gasteiger partial charge is 0.236 e. The summed E-state index contributed by atoms with van der Waals surface area (Å²) in [5.74, 6) is 0.284. The van der Waals surface area contributed by atoms with Crippen molar-refractivity contribution < 1.29 is 9.59 Å². The number of rotatable bonds is 2. The molecule has 0 spiro atoms. The maximum Gasteiger partial charge on any atom is 0.236 e. The zero-order valence-electron chi connectivity index (χ0n) is 12.9. The van der Waals surface area contributed by atoms with Gasteiger partial charge in [-0.3, -0.25) is 14.9 Å². The Kier molecular flexibility index (Phi) is 5.24. The van der Waals surface area contributed by atoms with Crippen molar-refractivity contribution in [3.05, 3.63) is 35.4 Å². The molecule has 2 heterocycles. The number of carbonyl (C=O) groups is 2. The zero-order chi connectivity index (χ0) is 14.9. The Morgan fingerprint density at radius 3 is 2.32 bits per heavy atom. The van der Waals surface area contributed by atoms with Gasteiger partial charge in [-0.25, -0.2) is 0 Å². The van der Waals surface area contributed by atoms with E-state index < -0.39 is 5.41 Å². The van der Waals surface area contributed by atoms with Gasteiger partial charge in [0.1, 0.15) is 0 Å². The third kappa shape index (κ3) is 3.18. The Balaban J connectivity index is 0.00000176. The van der Waals surface area contributed by atoms with Crippen LogP contribution in [0.5, 0.6) is 0 Å². The van der Waals surface area contributed by atoms with Gasteiger partial charge in [-0.1, -0.05) is 24.3 Å². The first kappa shape index (κ1) is 17.0. The molecule has 2 amide bonds. The maximum absolute atomic E-state index is 12.2. The van der Waals surface area contributed by atoms with Gasteiger partial charge in [-0.05, 0) is 56.3 Å². The van der Waals surface area contributed by atoms with Crippen LogP contribution >= 0.6 is 12.4 Å². The van der Waals surface area contributed by atoms with Crippen molar-refractivity contribution >= 4 is 24.2 Å². The summed E-state index contributed by atoms with van der Waals surface area (Å²) >= 11 is 0. The summed E-state index contributed by atoms with van der Waals surface area (Å²) in [6.07, 6.45) is 3.35. The lowest BCUT2D eigenvalue weighted by molar-refractivity contribution is -0.137. The van der Waals surface area contributed by atoms with Crippen LogP contribution in [0.3, 0.4) is 0 Å². The molecule has 1 unspecified atom stereocenters. The fraction of sp³-hybridized carbons (Fsp3) is 0.529. The highest BCUT2D eigenvalue weighted by molar-refractivity contribution is 6.03. The summed E-state index contributed by atoms with van der Waals surface area (Å²) in [5, 5.41) is 5.84. The third-order valence-electron chi connectivity index (χ3n) is 4.96. The Morgan fingerprint density at radius 2 is 1.73 bits per heavy atom. The molecule has 22 heavy (non-hydrogen) atoms. The minimum Gasteiger partial charge on any atom is -0.317 e. The molecular weight excluding hydrogens is 300 g/mol. The molecule has 0 radical (unpaired) electrons. The van der Waals surface area contributed by atoms with Crippen molar-refractivity contribution in [1.29, 1.82) is 0 Å². The van der Waals surface area contributed by atoms with Crippen LogP contribution in [-0.2, 0) is 15.0 Å². The molecular formula is C17H23ClN2O2. The summed E-state index contributed by atoms with van der Waals surface area (Å²) in [6, 6.07) is 8.43. The van der Waals surface area contributed by atoms with E-state index in [0.717, 1.165) is 18.7 Å². The van der Waals surface area contributed by atoms with E-state index in [1.54, 1.807) is 0 Å². The van der Waals surface area contributed by atoms with Crippen molar-refractivity contribution in [3.8, 4) is 0 Å². The first-order valence-corrected chi connectivity index (χ1v) is 7.75. The normalized spacial score (nSPS) is 26.2. The van der Waals surface area contributed by atoms with Gasteiger partial charge in [-0.2, -0.15) is 0 Å². The molecule has 1 aromatic rings. The number of imide groups is 1. The number of hydrogen-bond donors (Lipinski definition) is 2. The van der Waals surface area contributed by atoms with Gasteiger partial charge in [0.25, 0.3) is 0 Å². The van der Waals surface area contributed by atoms with E-state index in [0.29, 0.717) is 18.8 Å². The molecule has 3 rings (SSSR count). The Morgan fingerprint density at radius 1 is 1.09 bits per heavy atom. The summed E-state index contributed by atoms with van der Waals surface area (Å²) < 4.78 is 0. The van der Waals surface area contributed by atoms with Gasteiger partial charge in [-0.15, -0.1) is 12.4 Å². The van der Waals surface area contributed by atoms with E-state index in [4.69, 9.17) is 0 Å². The second kappa shape index (κ2) is 6.80. The number of carbonyl (C=O) groups excluding carboxylic acids is 2. The number of amides is 2. The summed E-state index contributed by atoms with van der Waals surface area (Å²) in [5.41, 5.74) is 1.78. The molecule has 1 aromatic carbocycles. The molecule has 2 aliphatic rings. The molecule has 2 N–H and O–H groups in total. The first-order chi connectivity index (χ1) is 10.1. The lowest BCUT2D eigenvalue weighted by atomic mass is 9.75. The fourth-order valence-electron chi connectivity index (χ4n) is 3.36. The van der Waals surface area contributed by atoms with Crippen LogP contribution in [0.4, 0.5) is 0 Å². The maximum atomic E-state index is 12.2. The van der Waals surface area contributed by atoms with Crippen LogP contribution in [0.25, 0.3) is 0 Å². The van der Waals surface area contributed by atoms with E-state index >= 15 is 0 Å². The molecule has 0 saturated carbocycles. The number of benzene rings is 1. The van der Waals surface area contributed by atoms with Crippen LogP contribution in [0.1, 0.15) is 49.7 Å². The van der Waals surface area contributed by atoms with E-state index in [2.05, 4.69) is 34.9 Å². The molecule has 1 atom stereocenters. The molecule has 0 bridgehead atoms. The SMILES string of the molecule is CC1(c2ccc(C3CCNCC3)cc2)CCC(=O)NC1=O.Cl. The highest BCUT2D eigenvalue weighted by atomic mass is 35.5. The summed E-state index contributed by atoms with van der Waals surface area (Å²) in [7, 11) is 0. The highest BCUT2D eigenvalue weighted by Crippen LogP contribution is 2.33. The van der Waals surface area contributed by atoms with E-state index in [9.17, 15) is 9.59 Å². The average molecular weight is 323 g/mol. The van der Waals surface area contributed by atoms with Gasteiger partial charge in [0.2, 0.25) is 11.8 Å². The van der Waals surface area contributed by atoms with Crippen molar-refractivity contribution in [3.63, 3.8) is 0 Å². The molecule has 0 aliphatic carbocycles. The van der Waals surface area contributed by atoms with Gasteiger partial charge < -0.3 is 5.32 Å². The summed E-state index contributed by atoms with van der Waals surface area (Å²) in [6.45, 7) is 4.08. The van der Waals surface area contributed by atoms with Crippen molar-refractivity contribution in [2.24, 2.45) is 0 Å². The topological polar surface area (TPSA) is 58.2 Å². The molecule has 2 aliphatic heterocycles. The Labute approximate surface area is 137 Å². The predicted octanol–water partition coefficient (Wildman–Crippen LogP) is 2.27. The molecule has 5 heteroatoms. The molecule has 0 aromatic heterocycles. The van der Waals surface area contributed by atoms with Crippen molar-refractivity contribution in [2.75, 3.05) is 13.1 Å². The quantitative estimate of drug-likeness (QED) is 0.821. The van der Waals surface area contributed by atoms with Crippen LogP contribution in [0, 0.1) is 0 Å². The van der Waals surface area contributed by atoms with Gasteiger partial charge in [0, 0.05) is 6.42 Å². The number of piperidine rings is 2. The van der Waals surface area contributed by atoms with Gasteiger partial charge in [0.05, 0.1) is 5.41 Å². The number of halogens is 1. The Bertz CT molecular complexity index is 552. The Hall–Kier alpha value is -1.39. The van der Waals surface area contributed by atoms with Gasteiger partial charge >= 0.3 is 0 Å². The predicted molar refractivity (Wildman–Crippen MR) is 88.3 cm³/mol. The molecule has 120 valence electrons. The largest absolute Gasteiger partial charge is 0.317 e. The van der Waals surface area contributed by atoms with Crippen LogP contribution in [0.15, 0.2) is 24.3 Å². The molecule has 2 fully saturated rings.